The van der Waals surface area contributed by atoms with Crippen molar-refractivity contribution < 1.29 is 9.53 Å². The Hall–Kier alpha value is -1.75. The maximum atomic E-state index is 12.3. The monoisotopic (exact) mass is 263 g/mol. The van der Waals surface area contributed by atoms with E-state index in [1.807, 2.05) is 6.07 Å². The molecule has 0 aromatic heterocycles. The van der Waals surface area contributed by atoms with Crippen LogP contribution in [0, 0.1) is 5.92 Å². The zero-order chi connectivity index (χ0) is 14.0. The summed E-state index contributed by atoms with van der Waals surface area (Å²) in [6, 6.07) is 5.38. The van der Waals surface area contributed by atoms with Gasteiger partial charge in [0, 0.05) is 12.2 Å². The number of hydrogen-bond acceptors (Lipinski definition) is 4. The first-order valence-corrected chi connectivity index (χ1v) is 6.60. The van der Waals surface area contributed by atoms with Gasteiger partial charge in [0.25, 0.3) is 5.91 Å². The van der Waals surface area contributed by atoms with E-state index in [1.165, 1.54) is 0 Å². The molecule has 1 aliphatic heterocycles. The van der Waals surface area contributed by atoms with E-state index in [9.17, 15) is 4.79 Å². The van der Waals surface area contributed by atoms with Gasteiger partial charge in [0.15, 0.2) is 6.10 Å². The Balaban J connectivity index is 2.30. The minimum absolute atomic E-state index is 0.0260. The predicted molar refractivity (Wildman–Crippen MR) is 76.1 cm³/mol. The summed E-state index contributed by atoms with van der Waals surface area (Å²) in [5.74, 6) is 1.02. The van der Waals surface area contributed by atoms with Gasteiger partial charge in [0.1, 0.15) is 5.75 Å². The first-order valence-electron chi connectivity index (χ1n) is 6.60. The van der Waals surface area contributed by atoms with E-state index in [2.05, 4.69) is 6.92 Å². The van der Waals surface area contributed by atoms with E-state index in [0.29, 0.717) is 30.4 Å². The summed E-state index contributed by atoms with van der Waals surface area (Å²) >= 11 is 0. The van der Waals surface area contributed by atoms with Crippen LogP contribution in [0.15, 0.2) is 18.2 Å². The molecule has 19 heavy (non-hydrogen) atoms. The Morgan fingerprint density at radius 3 is 2.89 bits per heavy atom. The van der Waals surface area contributed by atoms with Gasteiger partial charge in [-0.05, 0) is 44.0 Å². The molecule has 5 heteroatoms. The lowest BCUT2D eigenvalue weighted by Gasteiger charge is -2.34. The van der Waals surface area contributed by atoms with Gasteiger partial charge < -0.3 is 21.1 Å². The topological polar surface area (TPSA) is 81.6 Å². The summed E-state index contributed by atoms with van der Waals surface area (Å²) in [4.78, 5) is 14.0. The Kier molecular flexibility index (Phi) is 3.95. The number of hydrogen-bond donors (Lipinski definition) is 2. The van der Waals surface area contributed by atoms with Crippen molar-refractivity contribution in [1.29, 1.82) is 0 Å². The normalized spacial score (nSPS) is 19.8. The number of fused-ring (bicyclic) bond motifs is 1. The zero-order valence-corrected chi connectivity index (χ0v) is 11.4. The van der Waals surface area contributed by atoms with Crippen molar-refractivity contribution in [2.24, 2.45) is 11.7 Å². The Morgan fingerprint density at radius 1 is 1.47 bits per heavy atom. The van der Waals surface area contributed by atoms with Crippen molar-refractivity contribution in [2.75, 3.05) is 23.7 Å². The van der Waals surface area contributed by atoms with Crippen molar-refractivity contribution in [3.05, 3.63) is 18.2 Å². The minimum atomic E-state index is -0.457. The third kappa shape index (κ3) is 2.81. The Labute approximate surface area is 113 Å². The van der Waals surface area contributed by atoms with Crippen LogP contribution in [0.2, 0.25) is 0 Å². The van der Waals surface area contributed by atoms with Gasteiger partial charge in [-0.2, -0.15) is 0 Å². The molecular weight excluding hydrogens is 242 g/mol. The number of carbonyl (C=O) groups excluding carboxylic acids is 1. The largest absolute Gasteiger partial charge is 0.479 e. The Morgan fingerprint density at radius 2 is 2.21 bits per heavy atom. The maximum Gasteiger partial charge on any atom is 0.267 e. The molecule has 1 aliphatic rings. The molecule has 0 saturated carbocycles. The van der Waals surface area contributed by atoms with Crippen LogP contribution < -0.4 is 21.1 Å². The molecule has 0 bridgehead atoms. The summed E-state index contributed by atoms with van der Waals surface area (Å²) < 4.78 is 5.60. The van der Waals surface area contributed by atoms with Crippen molar-refractivity contribution in [3.63, 3.8) is 0 Å². The number of carbonyl (C=O) groups is 1. The molecule has 104 valence electrons. The van der Waals surface area contributed by atoms with Crippen LogP contribution in [0.25, 0.3) is 0 Å². The van der Waals surface area contributed by atoms with Crippen molar-refractivity contribution in [3.8, 4) is 5.75 Å². The lowest BCUT2D eigenvalue weighted by Crippen LogP contribution is -2.46. The number of rotatable bonds is 4. The molecule has 0 saturated heterocycles. The second-order valence-corrected chi connectivity index (χ2v) is 5.12. The molecular formula is C14H21N3O2. The number of nitrogens with zero attached hydrogens (tertiary/aromatic N) is 1. The standard InChI is InChI=1S/C14H21N3O2/c1-9(5-6-15)8-17-12-7-11(16)3-4-13(12)19-10(2)14(17)18/h3-4,7,9-10H,5-6,8,15-16H2,1-2H3. The predicted octanol–water partition coefficient (Wildman–Crippen LogP) is 1.37. The molecule has 0 fully saturated rings. The highest BCUT2D eigenvalue weighted by atomic mass is 16.5. The second-order valence-electron chi connectivity index (χ2n) is 5.12. The van der Waals surface area contributed by atoms with Gasteiger partial charge in [-0.1, -0.05) is 6.92 Å². The van der Waals surface area contributed by atoms with E-state index < -0.39 is 6.10 Å². The molecule has 0 aliphatic carbocycles. The summed E-state index contributed by atoms with van der Waals surface area (Å²) in [6.45, 7) is 5.12. The fraction of sp³-hybridized carbons (Fsp3) is 0.500. The zero-order valence-electron chi connectivity index (χ0n) is 11.4. The highest BCUT2D eigenvalue weighted by Crippen LogP contribution is 2.36. The fourth-order valence-corrected chi connectivity index (χ4v) is 2.30. The summed E-state index contributed by atoms with van der Waals surface area (Å²) in [5.41, 5.74) is 12.7. The van der Waals surface area contributed by atoms with Crippen LogP contribution in [-0.2, 0) is 4.79 Å². The molecule has 2 unspecified atom stereocenters. The van der Waals surface area contributed by atoms with E-state index in [1.54, 1.807) is 24.0 Å². The van der Waals surface area contributed by atoms with Crippen LogP contribution in [0.1, 0.15) is 20.3 Å². The number of anilines is 2. The number of ether oxygens (including phenoxy) is 1. The smallest absolute Gasteiger partial charge is 0.267 e. The molecule has 0 spiro atoms. The minimum Gasteiger partial charge on any atom is -0.479 e. The van der Waals surface area contributed by atoms with Gasteiger partial charge in [-0.25, -0.2) is 0 Å². The third-order valence-corrected chi connectivity index (χ3v) is 3.35. The second kappa shape index (κ2) is 5.48. The number of nitrogen functional groups attached to an aromatic ring is 1. The summed E-state index contributed by atoms with van der Waals surface area (Å²) in [5, 5.41) is 0. The molecule has 0 radical (unpaired) electrons. The SMILES string of the molecule is CC(CCN)CN1C(=O)C(C)Oc2ccc(N)cc21. The molecule has 2 atom stereocenters. The first kappa shape index (κ1) is 13.7. The molecule has 5 nitrogen and oxygen atoms in total. The van der Waals surface area contributed by atoms with Crippen molar-refractivity contribution in [2.45, 2.75) is 26.4 Å². The highest BCUT2D eigenvalue weighted by molar-refractivity contribution is 6.00. The molecule has 1 aromatic carbocycles. The van der Waals surface area contributed by atoms with Crippen molar-refractivity contribution in [1.82, 2.24) is 0 Å². The average Bonchev–Trinajstić information content (AvgIpc) is 2.36. The van der Waals surface area contributed by atoms with Crippen LogP contribution in [-0.4, -0.2) is 25.1 Å². The van der Waals surface area contributed by atoms with Gasteiger partial charge >= 0.3 is 0 Å². The Bertz CT molecular complexity index is 476. The van der Waals surface area contributed by atoms with Gasteiger partial charge in [-0.3, -0.25) is 4.79 Å². The van der Waals surface area contributed by atoms with Gasteiger partial charge in [0.05, 0.1) is 5.69 Å². The van der Waals surface area contributed by atoms with Crippen LogP contribution in [0.5, 0.6) is 5.75 Å². The van der Waals surface area contributed by atoms with Crippen LogP contribution >= 0.6 is 0 Å². The highest BCUT2D eigenvalue weighted by Gasteiger charge is 2.32. The average molecular weight is 263 g/mol. The quantitative estimate of drug-likeness (QED) is 0.804. The maximum absolute atomic E-state index is 12.3. The number of nitrogens with two attached hydrogens (primary N) is 2. The van der Waals surface area contributed by atoms with Crippen molar-refractivity contribution >= 4 is 17.3 Å². The van der Waals surface area contributed by atoms with E-state index in [0.717, 1.165) is 12.1 Å². The summed E-state index contributed by atoms with van der Waals surface area (Å²) in [7, 11) is 0. The number of benzene rings is 1. The van der Waals surface area contributed by atoms with Crippen LogP contribution in [0.4, 0.5) is 11.4 Å². The molecule has 2 rings (SSSR count). The van der Waals surface area contributed by atoms with Gasteiger partial charge in [0.2, 0.25) is 0 Å². The van der Waals surface area contributed by atoms with Gasteiger partial charge in [-0.15, -0.1) is 0 Å². The molecule has 1 heterocycles. The molecule has 4 N–H and O–H groups in total. The van der Waals surface area contributed by atoms with Crippen LogP contribution in [0.3, 0.4) is 0 Å². The number of amides is 1. The molecule has 1 amide bonds. The first-order chi connectivity index (χ1) is 9.02. The lowest BCUT2D eigenvalue weighted by atomic mass is 10.1. The fourth-order valence-electron chi connectivity index (χ4n) is 2.30. The van der Waals surface area contributed by atoms with E-state index in [-0.39, 0.29) is 5.91 Å². The van der Waals surface area contributed by atoms with E-state index in [4.69, 9.17) is 16.2 Å². The third-order valence-electron chi connectivity index (χ3n) is 3.35. The van der Waals surface area contributed by atoms with E-state index >= 15 is 0 Å². The lowest BCUT2D eigenvalue weighted by molar-refractivity contribution is -0.125. The summed E-state index contributed by atoms with van der Waals surface area (Å²) in [6.07, 6.45) is 0.428. The molecule has 1 aromatic rings.